The first-order valence-corrected chi connectivity index (χ1v) is 8.03. The van der Waals surface area contributed by atoms with Gasteiger partial charge >= 0.3 is 12.2 Å². The van der Waals surface area contributed by atoms with E-state index in [4.69, 9.17) is 26.8 Å². The van der Waals surface area contributed by atoms with Crippen molar-refractivity contribution in [2.24, 2.45) is 5.73 Å². The number of primary amides is 1. The Hall–Kier alpha value is -2.78. The van der Waals surface area contributed by atoms with Crippen molar-refractivity contribution in [3.05, 3.63) is 45.4 Å². The quantitative estimate of drug-likeness (QED) is 0.667. The monoisotopic (exact) mass is 384 g/mol. The summed E-state index contributed by atoms with van der Waals surface area (Å²) in [5, 5.41) is 11.6. The SMILES string of the molecule is NC(=O)n1c(O)c(OC(=O)OCc2cccs2)c2cc(F)c(Cl)cc21. The van der Waals surface area contributed by atoms with Gasteiger partial charge in [0.25, 0.3) is 0 Å². The number of aromatic hydroxyl groups is 1. The van der Waals surface area contributed by atoms with Crippen LogP contribution in [0.2, 0.25) is 5.02 Å². The molecule has 0 aliphatic rings. The van der Waals surface area contributed by atoms with Crippen LogP contribution in [0.3, 0.4) is 0 Å². The Balaban J connectivity index is 1.95. The van der Waals surface area contributed by atoms with E-state index in [0.717, 1.165) is 17.0 Å². The van der Waals surface area contributed by atoms with Crippen molar-refractivity contribution in [2.45, 2.75) is 6.61 Å². The Labute approximate surface area is 148 Å². The van der Waals surface area contributed by atoms with E-state index in [0.29, 0.717) is 4.57 Å². The van der Waals surface area contributed by atoms with Crippen LogP contribution >= 0.6 is 22.9 Å². The van der Waals surface area contributed by atoms with Gasteiger partial charge in [-0.2, -0.15) is 0 Å². The Morgan fingerprint density at radius 3 is 2.80 bits per heavy atom. The summed E-state index contributed by atoms with van der Waals surface area (Å²) in [6.07, 6.45) is -1.14. The molecule has 0 radical (unpaired) electrons. The first kappa shape index (κ1) is 17.1. The lowest BCUT2D eigenvalue weighted by molar-refractivity contribution is 0.0929. The number of rotatable bonds is 3. The minimum absolute atomic E-state index is 0.0162. The molecule has 10 heteroatoms. The van der Waals surface area contributed by atoms with Crippen LogP contribution in [0.5, 0.6) is 11.6 Å². The van der Waals surface area contributed by atoms with Crippen molar-refractivity contribution in [3.8, 4) is 11.6 Å². The topological polar surface area (TPSA) is 104 Å². The van der Waals surface area contributed by atoms with Crippen LogP contribution in [-0.2, 0) is 11.3 Å². The fourth-order valence-corrected chi connectivity index (χ4v) is 2.97. The maximum Gasteiger partial charge on any atom is 0.514 e. The molecule has 0 aliphatic carbocycles. The third-order valence-corrected chi connectivity index (χ3v) is 4.40. The van der Waals surface area contributed by atoms with Crippen LogP contribution in [0, 0.1) is 5.82 Å². The lowest BCUT2D eigenvalue weighted by atomic mass is 10.2. The zero-order chi connectivity index (χ0) is 18.1. The molecule has 0 unspecified atom stereocenters. The van der Waals surface area contributed by atoms with Gasteiger partial charge in [-0.05, 0) is 23.6 Å². The Morgan fingerprint density at radius 1 is 1.40 bits per heavy atom. The summed E-state index contributed by atoms with van der Waals surface area (Å²) >= 11 is 7.06. The van der Waals surface area contributed by atoms with E-state index in [1.54, 1.807) is 12.1 Å². The zero-order valence-corrected chi connectivity index (χ0v) is 13.9. The number of fused-ring (bicyclic) bond motifs is 1. The normalized spacial score (nSPS) is 10.8. The molecule has 3 N–H and O–H groups in total. The van der Waals surface area contributed by atoms with Gasteiger partial charge in [0.05, 0.1) is 15.9 Å². The molecule has 1 amide bonds. The number of benzene rings is 1. The van der Waals surface area contributed by atoms with Crippen LogP contribution in [0.25, 0.3) is 10.9 Å². The average Bonchev–Trinajstić information content (AvgIpc) is 3.14. The Bertz CT molecular complexity index is 970. The van der Waals surface area contributed by atoms with Gasteiger partial charge in [0.15, 0.2) is 0 Å². The molecule has 1 aromatic carbocycles. The van der Waals surface area contributed by atoms with Gasteiger partial charge in [-0.25, -0.2) is 18.5 Å². The smallest absolute Gasteiger partial charge is 0.491 e. The molecular weight excluding hydrogens is 375 g/mol. The fourth-order valence-electron chi connectivity index (χ4n) is 2.20. The minimum atomic E-state index is -1.14. The number of nitrogens with zero attached hydrogens (tertiary/aromatic N) is 1. The number of carbonyl (C=O) groups is 2. The molecule has 0 aliphatic heterocycles. The molecule has 0 spiro atoms. The van der Waals surface area contributed by atoms with Crippen molar-refractivity contribution in [3.63, 3.8) is 0 Å². The lowest BCUT2D eigenvalue weighted by Gasteiger charge is -2.05. The number of ether oxygens (including phenoxy) is 2. The largest absolute Gasteiger partial charge is 0.514 e. The predicted molar refractivity (Wildman–Crippen MR) is 88.7 cm³/mol. The molecule has 130 valence electrons. The number of hydrogen-bond donors (Lipinski definition) is 2. The third kappa shape index (κ3) is 3.24. The number of hydrogen-bond acceptors (Lipinski definition) is 6. The first-order valence-electron chi connectivity index (χ1n) is 6.77. The molecular formula is C15H10ClFN2O5S. The number of nitrogens with two attached hydrogens (primary N) is 1. The average molecular weight is 385 g/mol. The third-order valence-electron chi connectivity index (χ3n) is 3.26. The number of aromatic nitrogens is 1. The van der Waals surface area contributed by atoms with Crippen LogP contribution in [0.15, 0.2) is 29.6 Å². The molecule has 0 atom stereocenters. The minimum Gasteiger partial charge on any atom is -0.491 e. The van der Waals surface area contributed by atoms with Crippen molar-refractivity contribution < 1.29 is 28.6 Å². The predicted octanol–water partition coefficient (Wildman–Crippen LogP) is 3.84. The van der Waals surface area contributed by atoms with Crippen LogP contribution in [0.1, 0.15) is 4.88 Å². The van der Waals surface area contributed by atoms with Crippen molar-refractivity contribution >= 4 is 46.0 Å². The summed E-state index contributed by atoms with van der Waals surface area (Å²) in [5.41, 5.74) is 5.18. The van der Waals surface area contributed by atoms with Crippen molar-refractivity contribution in [1.82, 2.24) is 4.57 Å². The second-order valence-electron chi connectivity index (χ2n) is 4.83. The van der Waals surface area contributed by atoms with Gasteiger partial charge in [0, 0.05) is 4.88 Å². The first-order chi connectivity index (χ1) is 11.9. The molecule has 0 fully saturated rings. The number of amides is 1. The molecule has 0 bridgehead atoms. The highest BCUT2D eigenvalue weighted by Gasteiger charge is 2.25. The standard InChI is InChI=1S/C15H10ClFN2O5S/c16-9-5-11-8(4-10(9)17)12(13(20)19(11)14(18)21)24-15(22)23-6-7-2-1-3-25-7/h1-5,20H,6H2,(H2,18,21). The highest BCUT2D eigenvalue weighted by atomic mass is 35.5. The lowest BCUT2D eigenvalue weighted by Crippen LogP contribution is -2.18. The van der Waals surface area contributed by atoms with E-state index in [9.17, 15) is 19.1 Å². The molecule has 3 rings (SSSR count). The Kier molecular flexibility index (Phi) is 4.51. The highest BCUT2D eigenvalue weighted by molar-refractivity contribution is 7.09. The van der Waals surface area contributed by atoms with Gasteiger partial charge < -0.3 is 20.3 Å². The molecule has 2 heterocycles. The second-order valence-corrected chi connectivity index (χ2v) is 6.27. The van der Waals surface area contributed by atoms with Gasteiger partial charge in [0.1, 0.15) is 12.4 Å². The number of halogens is 2. The Morgan fingerprint density at radius 2 is 2.16 bits per heavy atom. The maximum absolute atomic E-state index is 13.7. The van der Waals surface area contributed by atoms with Gasteiger partial charge in [-0.1, -0.05) is 17.7 Å². The second kappa shape index (κ2) is 6.61. The van der Waals surface area contributed by atoms with Crippen molar-refractivity contribution in [1.29, 1.82) is 0 Å². The highest BCUT2D eigenvalue weighted by Crippen LogP contribution is 2.40. The van der Waals surface area contributed by atoms with E-state index in [2.05, 4.69) is 0 Å². The fraction of sp³-hybridized carbons (Fsp3) is 0.0667. The maximum atomic E-state index is 13.7. The van der Waals surface area contributed by atoms with E-state index in [1.807, 2.05) is 5.38 Å². The summed E-state index contributed by atoms with van der Waals surface area (Å²) in [6.45, 7) is -0.0358. The molecule has 2 aromatic heterocycles. The zero-order valence-electron chi connectivity index (χ0n) is 12.4. The van der Waals surface area contributed by atoms with Crippen LogP contribution in [-0.4, -0.2) is 21.9 Å². The van der Waals surface area contributed by atoms with Crippen LogP contribution < -0.4 is 10.5 Å². The summed E-state index contributed by atoms with van der Waals surface area (Å²) in [4.78, 5) is 24.1. The van der Waals surface area contributed by atoms with Crippen LogP contribution in [0.4, 0.5) is 14.0 Å². The number of thiophene rings is 1. The molecule has 0 saturated carbocycles. The van der Waals surface area contributed by atoms with Gasteiger partial charge in [-0.15, -0.1) is 11.3 Å². The summed E-state index contributed by atoms with van der Waals surface area (Å²) in [7, 11) is 0. The summed E-state index contributed by atoms with van der Waals surface area (Å²) < 4.78 is 24.2. The van der Waals surface area contributed by atoms with Gasteiger partial charge in [0.2, 0.25) is 11.6 Å². The number of carbonyl (C=O) groups excluding carboxylic acids is 2. The molecule has 7 nitrogen and oxygen atoms in total. The van der Waals surface area contributed by atoms with Crippen molar-refractivity contribution in [2.75, 3.05) is 0 Å². The van der Waals surface area contributed by atoms with Gasteiger partial charge in [-0.3, -0.25) is 0 Å². The summed E-state index contributed by atoms with van der Waals surface area (Å²) in [5.74, 6) is -2.05. The molecule has 25 heavy (non-hydrogen) atoms. The van der Waals surface area contributed by atoms with E-state index >= 15 is 0 Å². The molecule has 3 aromatic rings. The van der Waals surface area contributed by atoms with E-state index in [1.165, 1.54) is 11.3 Å². The van der Waals surface area contributed by atoms with E-state index in [-0.39, 0.29) is 22.5 Å². The van der Waals surface area contributed by atoms with E-state index < -0.39 is 29.6 Å². The molecule has 0 saturated heterocycles. The summed E-state index contributed by atoms with van der Waals surface area (Å²) in [6, 6.07) is 4.48.